The van der Waals surface area contributed by atoms with Crippen molar-refractivity contribution in [2.45, 2.75) is 33.6 Å². The summed E-state index contributed by atoms with van der Waals surface area (Å²) < 4.78 is 12.3. The Hall–Kier alpha value is -2.60. The van der Waals surface area contributed by atoms with Crippen molar-refractivity contribution in [1.82, 2.24) is 4.98 Å². The Morgan fingerprint density at radius 2 is 1.85 bits per heavy atom. The Balaban J connectivity index is 1.59. The van der Waals surface area contributed by atoms with Crippen molar-refractivity contribution in [1.29, 1.82) is 0 Å². The lowest BCUT2D eigenvalue weighted by molar-refractivity contribution is -0.118. The SMILES string of the molecule is CCCCOc1ccc2nc(NC(=O)COc3cc(C)cc(C)c3)sc2c1. The quantitative estimate of drug-likeness (QED) is 0.548. The highest BCUT2D eigenvalue weighted by molar-refractivity contribution is 7.22. The zero-order chi connectivity index (χ0) is 19.2. The maximum Gasteiger partial charge on any atom is 0.264 e. The van der Waals surface area contributed by atoms with E-state index in [4.69, 9.17) is 9.47 Å². The van der Waals surface area contributed by atoms with Gasteiger partial charge in [0.25, 0.3) is 5.91 Å². The summed E-state index contributed by atoms with van der Waals surface area (Å²) in [6, 6.07) is 11.7. The zero-order valence-electron chi connectivity index (χ0n) is 15.9. The highest BCUT2D eigenvalue weighted by atomic mass is 32.1. The topological polar surface area (TPSA) is 60.5 Å². The molecule has 0 bridgehead atoms. The molecule has 2 aromatic carbocycles. The Kier molecular flexibility index (Phi) is 6.29. The number of rotatable bonds is 8. The average molecular weight is 385 g/mol. The molecule has 5 nitrogen and oxygen atoms in total. The standard InChI is InChI=1S/C21H24N2O3S/c1-4-5-8-25-16-6-7-18-19(12-16)27-21(22-18)23-20(24)13-26-17-10-14(2)9-15(3)11-17/h6-7,9-12H,4-5,8,13H2,1-3H3,(H,22,23,24). The molecule has 3 aromatic rings. The monoisotopic (exact) mass is 384 g/mol. The van der Waals surface area contributed by atoms with E-state index in [1.54, 1.807) is 0 Å². The second kappa shape index (κ2) is 8.86. The minimum absolute atomic E-state index is 0.0514. The predicted octanol–water partition coefficient (Wildman–Crippen LogP) is 5.11. The first-order valence-electron chi connectivity index (χ1n) is 9.08. The van der Waals surface area contributed by atoms with Crippen LogP contribution in [0.3, 0.4) is 0 Å². The lowest BCUT2D eigenvalue weighted by Crippen LogP contribution is -2.20. The van der Waals surface area contributed by atoms with Crippen molar-refractivity contribution >= 4 is 32.6 Å². The third kappa shape index (κ3) is 5.44. The summed E-state index contributed by atoms with van der Waals surface area (Å²) in [4.78, 5) is 16.6. The van der Waals surface area contributed by atoms with E-state index in [9.17, 15) is 4.79 Å². The molecule has 0 aliphatic carbocycles. The van der Waals surface area contributed by atoms with E-state index in [1.807, 2.05) is 44.2 Å². The molecule has 0 unspecified atom stereocenters. The first-order valence-corrected chi connectivity index (χ1v) is 9.89. The van der Waals surface area contributed by atoms with Crippen molar-refractivity contribution in [3.8, 4) is 11.5 Å². The number of aryl methyl sites for hydroxylation is 2. The average Bonchev–Trinajstić information content (AvgIpc) is 3.01. The molecule has 1 N–H and O–H groups in total. The van der Waals surface area contributed by atoms with Crippen LogP contribution in [0.4, 0.5) is 5.13 Å². The van der Waals surface area contributed by atoms with Gasteiger partial charge >= 0.3 is 0 Å². The molecule has 6 heteroatoms. The Morgan fingerprint density at radius 3 is 2.59 bits per heavy atom. The second-order valence-corrected chi connectivity index (χ2v) is 7.54. The number of aromatic nitrogens is 1. The van der Waals surface area contributed by atoms with Gasteiger partial charge in [0.2, 0.25) is 0 Å². The molecule has 0 radical (unpaired) electrons. The molecule has 1 aromatic heterocycles. The number of amides is 1. The summed E-state index contributed by atoms with van der Waals surface area (Å²) in [5.74, 6) is 1.30. The van der Waals surface area contributed by atoms with Gasteiger partial charge in [-0.15, -0.1) is 0 Å². The maximum absolute atomic E-state index is 12.2. The van der Waals surface area contributed by atoms with Crippen molar-refractivity contribution in [3.63, 3.8) is 0 Å². The fraction of sp³-hybridized carbons (Fsp3) is 0.333. The molecular formula is C21H24N2O3S. The lowest BCUT2D eigenvalue weighted by atomic mass is 10.1. The van der Waals surface area contributed by atoms with E-state index in [1.165, 1.54) is 11.3 Å². The van der Waals surface area contributed by atoms with Crippen LogP contribution in [-0.2, 0) is 4.79 Å². The third-order valence-corrected chi connectivity index (χ3v) is 4.87. The number of nitrogens with one attached hydrogen (secondary N) is 1. The first-order chi connectivity index (χ1) is 13.0. The van der Waals surface area contributed by atoms with Crippen molar-refractivity contribution in [3.05, 3.63) is 47.5 Å². The van der Waals surface area contributed by atoms with Gasteiger partial charge in [-0.2, -0.15) is 0 Å². The summed E-state index contributed by atoms with van der Waals surface area (Å²) in [6.07, 6.45) is 2.13. The summed E-state index contributed by atoms with van der Waals surface area (Å²) in [5, 5.41) is 3.37. The van der Waals surface area contributed by atoms with Gasteiger partial charge in [-0.1, -0.05) is 30.7 Å². The Morgan fingerprint density at radius 1 is 1.07 bits per heavy atom. The van der Waals surface area contributed by atoms with Crippen molar-refractivity contribution < 1.29 is 14.3 Å². The number of hydrogen-bond acceptors (Lipinski definition) is 5. The van der Waals surface area contributed by atoms with Gasteiger partial charge in [0.15, 0.2) is 11.7 Å². The molecule has 0 aliphatic heterocycles. The lowest BCUT2D eigenvalue weighted by Gasteiger charge is -2.07. The largest absolute Gasteiger partial charge is 0.494 e. The smallest absolute Gasteiger partial charge is 0.264 e. The molecule has 0 aliphatic rings. The minimum atomic E-state index is -0.229. The van der Waals surface area contributed by atoms with Gasteiger partial charge in [0.05, 0.1) is 16.8 Å². The van der Waals surface area contributed by atoms with E-state index in [0.29, 0.717) is 17.5 Å². The Bertz CT molecular complexity index is 916. The summed E-state index contributed by atoms with van der Waals surface area (Å²) in [7, 11) is 0. The van der Waals surface area contributed by atoms with Gasteiger partial charge < -0.3 is 9.47 Å². The fourth-order valence-electron chi connectivity index (χ4n) is 2.70. The molecule has 3 rings (SSSR count). The van der Waals surface area contributed by atoms with E-state index in [2.05, 4.69) is 23.3 Å². The number of anilines is 1. The zero-order valence-corrected chi connectivity index (χ0v) is 16.7. The van der Waals surface area contributed by atoms with Crippen LogP contribution in [0, 0.1) is 13.8 Å². The van der Waals surface area contributed by atoms with Gasteiger partial charge in [-0.05, 0) is 61.7 Å². The number of thiazole rings is 1. The van der Waals surface area contributed by atoms with Crippen LogP contribution in [0.1, 0.15) is 30.9 Å². The number of hydrogen-bond donors (Lipinski definition) is 1. The van der Waals surface area contributed by atoms with Gasteiger partial charge in [0.1, 0.15) is 11.5 Å². The molecule has 0 saturated carbocycles. The van der Waals surface area contributed by atoms with Crippen molar-refractivity contribution in [2.24, 2.45) is 0 Å². The maximum atomic E-state index is 12.2. The molecule has 0 saturated heterocycles. The molecular weight excluding hydrogens is 360 g/mol. The molecule has 1 amide bonds. The summed E-state index contributed by atoms with van der Waals surface area (Å²) in [5.41, 5.74) is 3.05. The molecule has 1 heterocycles. The fourth-order valence-corrected chi connectivity index (χ4v) is 3.61. The van der Waals surface area contributed by atoms with E-state index >= 15 is 0 Å². The van der Waals surface area contributed by atoms with Crippen LogP contribution in [-0.4, -0.2) is 24.1 Å². The highest BCUT2D eigenvalue weighted by Crippen LogP contribution is 2.29. The van der Waals surface area contributed by atoms with Gasteiger partial charge in [-0.25, -0.2) is 4.98 Å². The molecule has 0 atom stereocenters. The molecule has 0 fully saturated rings. The van der Waals surface area contributed by atoms with Crippen molar-refractivity contribution in [2.75, 3.05) is 18.5 Å². The summed E-state index contributed by atoms with van der Waals surface area (Å²) in [6.45, 7) is 6.79. The van der Waals surface area contributed by atoms with Crippen LogP contribution in [0.2, 0.25) is 0 Å². The number of fused-ring (bicyclic) bond motifs is 1. The minimum Gasteiger partial charge on any atom is -0.494 e. The van der Waals surface area contributed by atoms with E-state index in [0.717, 1.165) is 39.9 Å². The summed E-state index contributed by atoms with van der Waals surface area (Å²) >= 11 is 1.43. The predicted molar refractivity (Wildman–Crippen MR) is 110 cm³/mol. The second-order valence-electron chi connectivity index (χ2n) is 6.51. The van der Waals surface area contributed by atoms with Gasteiger partial charge in [0, 0.05) is 0 Å². The van der Waals surface area contributed by atoms with Crippen LogP contribution in [0.25, 0.3) is 10.2 Å². The van der Waals surface area contributed by atoms with E-state index < -0.39 is 0 Å². The molecule has 0 spiro atoms. The van der Waals surface area contributed by atoms with E-state index in [-0.39, 0.29) is 12.5 Å². The number of carbonyl (C=O) groups is 1. The highest BCUT2D eigenvalue weighted by Gasteiger charge is 2.10. The van der Waals surface area contributed by atoms with Crippen LogP contribution < -0.4 is 14.8 Å². The number of benzene rings is 2. The van der Waals surface area contributed by atoms with Crippen LogP contribution in [0.15, 0.2) is 36.4 Å². The normalized spacial score (nSPS) is 10.8. The number of unbranched alkanes of at least 4 members (excludes halogenated alkanes) is 1. The number of nitrogens with zero attached hydrogens (tertiary/aromatic N) is 1. The molecule has 142 valence electrons. The third-order valence-electron chi connectivity index (χ3n) is 3.94. The number of ether oxygens (including phenoxy) is 2. The Labute approximate surface area is 163 Å². The molecule has 27 heavy (non-hydrogen) atoms. The van der Waals surface area contributed by atoms with Crippen LogP contribution in [0.5, 0.6) is 11.5 Å². The van der Waals surface area contributed by atoms with Crippen LogP contribution >= 0.6 is 11.3 Å². The number of carbonyl (C=O) groups excluding carboxylic acids is 1. The van der Waals surface area contributed by atoms with Gasteiger partial charge in [-0.3, -0.25) is 10.1 Å². The first kappa shape index (κ1) is 19.2.